The summed E-state index contributed by atoms with van der Waals surface area (Å²) in [4.78, 5) is 11.2. The molecule has 0 aliphatic heterocycles. The van der Waals surface area contributed by atoms with Crippen molar-refractivity contribution in [1.82, 2.24) is 0 Å². The van der Waals surface area contributed by atoms with Crippen LogP contribution in [-0.2, 0) is 0 Å². The van der Waals surface area contributed by atoms with Crippen LogP contribution in [0.5, 0.6) is 5.75 Å². The van der Waals surface area contributed by atoms with Crippen LogP contribution >= 0.6 is 27.5 Å². The molecule has 0 bridgehead atoms. The van der Waals surface area contributed by atoms with Gasteiger partial charge in [-0.3, -0.25) is 4.79 Å². The number of halogens is 2. The van der Waals surface area contributed by atoms with Gasteiger partial charge in [0.2, 0.25) is 0 Å². The van der Waals surface area contributed by atoms with E-state index in [0.717, 1.165) is 4.47 Å². The standard InChI is InChI=1S/C10H10BrClO2/c1-3-14-9-5-7(11)4-8(6(2)13)10(9)12/h4-5H,3H2,1-2H3. The van der Waals surface area contributed by atoms with Crippen molar-refractivity contribution < 1.29 is 9.53 Å². The van der Waals surface area contributed by atoms with Crippen LogP contribution in [-0.4, -0.2) is 12.4 Å². The van der Waals surface area contributed by atoms with E-state index in [-0.39, 0.29) is 5.78 Å². The van der Waals surface area contributed by atoms with Crippen molar-refractivity contribution in [2.24, 2.45) is 0 Å². The number of rotatable bonds is 3. The van der Waals surface area contributed by atoms with E-state index in [9.17, 15) is 4.79 Å². The van der Waals surface area contributed by atoms with Gasteiger partial charge in [0, 0.05) is 10.0 Å². The molecule has 0 heterocycles. The summed E-state index contributed by atoms with van der Waals surface area (Å²) >= 11 is 9.28. The van der Waals surface area contributed by atoms with Crippen LogP contribution in [0.25, 0.3) is 0 Å². The Morgan fingerprint density at radius 3 is 2.71 bits per heavy atom. The van der Waals surface area contributed by atoms with Crippen molar-refractivity contribution >= 4 is 33.3 Å². The van der Waals surface area contributed by atoms with Crippen LogP contribution in [0.2, 0.25) is 5.02 Å². The lowest BCUT2D eigenvalue weighted by Crippen LogP contribution is -1.98. The van der Waals surface area contributed by atoms with Gasteiger partial charge in [-0.05, 0) is 26.0 Å². The number of ketones is 1. The van der Waals surface area contributed by atoms with E-state index in [1.807, 2.05) is 6.92 Å². The molecule has 0 amide bonds. The van der Waals surface area contributed by atoms with Gasteiger partial charge in [-0.1, -0.05) is 27.5 Å². The second kappa shape index (κ2) is 4.80. The molecule has 1 aromatic rings. The first-order chi connectivity index (χ1) is 6.56. The van der Waals surface area contributed by atoms with Crippen LogP contribution < -0.4 is 4.74 Å². The number of ether oxygens (including phenoxy) is 1. The van der Waals surface area contributed by atoms with Crippen LogP contribution in [0.15, 0.2) is 16.6 Å². The molecule has 1 rings (SSSR count). The Morgan fingerprint density at radius 2 is 2.21 bits per heavy atom. The highest BCUT2D eigenvalue weighted by molar-refractivity contribution is 9.10. The number of hydrogen-bond acceptors (Lipinski definition) is 2. The zero-order valence-corrected chi connectivity index (χ0v) is 10.3. The minimum Gasteiger partial charge on any atom is -0.492 e. The molecule has 0 saturated carbocycles. The minimum absolute atomic E-state index is 0.0720. The second-order valence-electron chi connectivity index (χ2n) is 2.75. The molecule has 0 aliphatic rings. The fourth-order valence-electron chi connectivity index (χ4n) is 1.08. The number of Topliss-reactive ketones (excluding diaryl/α,β-unsaturated/α-hetero) is 1. The summed E-state index contributed by atoms with van der Waals surface area (Å²) in [6.07, 6.45) is 0. The maximum atomic E-state index is 11.2. The molecule has 4 heteroatoms. The average molecular weight is 278 g/mol. The van der Waals surface area contributed by atoms with Gasteiger partial charge in [-0.15, -0.1) is 0 Å². The Morgan fingerprint density at radius 1 is 1.57 bits per heavy atom. The smallest absolute Gasteiger partial charge is 0.161 e. The van der Waals surface area contributed by atoms with Gasteiger partial charge in [-0.25, -0.2) is 0 Å². The summed E-state index contributed by atoms with van der Waals surface area (Å²) in [5, 5.41) is 0.377. The van der Waals surface area contributed by atoms with Crippen LogP contribution in [0.1, 0.15) is 24.2 Å². The van der Waals surface area contributed by atoms with Crippen LogP contribution in [0, 0.1) is 0 Å². The summed E-state index contributed by atoms with van der Waals surface area (Å²) in [5.41, 5.74) is 0.476. The van der Waals surface area contributed by atoms with Crippen molar-refractivity contribution in [2.45, 2.75) is 13.8 Å². The number of benzene rings is 1. The number of carbonyl (C=O) groups excluding carboxylic acids is 1. The molecule has 0 unspecified atom stereocenters. The minimum atomic E-state index is -0.0720. The first-order valence-electron chi connectivity index (χ1n) is 4.19. The molecule has 0 atom stereocenters. The summed E-state index contributed by atoms with van der Waals surface area (Å²) in [6, 6.07) is 3.44. The van der Waals surface area contributed by atoms with Crippen molar-refractivity contribution in [3.63, 3.8) is 0 Å². The summed E-state index contributed by atoms with van der Waals surface area (Å²) < 4.78 is 6.08. The van der Waals surface area contributed by atoms with Crippen LogP contribution in [0.3, 0.4) is 0 Å². The normalized spacial score (nSPS) is 10.0. The van der Waals surface area contributed by atoms with E-state index < -0.39 is 0 Å². The third-order valence-electron chi connectivity index (χ3n) is 1.68. The first kappa shape index (κ1) is 11.5. The highest BCUT2D eigenvalue weighted by Crippen LogP contribution is 2.32. The SMILES string of the molecule is CCOc1cc(Br)cc(C(C)=O)c1Cl. The first-order valence-corrected chi connectivity index (χ1v) is 5.36. The van der Waals surface area contributed by atoms with Gasteiger partial charge in [0.15, 0.2) is 5.78 Å². The van der Waals surface area contributed by atoms with Gasteiger partial charge >= 0.3 is 0 Å². The highest BCUT2D eigenvalue weighted by atomic mass is 79.9. The molecule has 0 radical (unpaired) electrons. The topological polar surface area (TPSA) is 26.3 Å². The Kier molecular flexibility index (Phi) is 3.96. The predicted molar refractivity (Wildman–Crippen MR) is 60.3 cm³/mol. The molecule has 1 aromatic carbocycles. The average Bonchev–Trinajstić information content (AvgIpc) is 2.10. The van der Waals surface area contributed by atoms with Gasteiger partial charge in [0.1, 0.15) is 5.75 Å². The fourth-order valence-corrected chi connectivity index (χ4v) is 1.81. The molecule has 76 valence electrons. The van der Waals surface area contributed by atoms with Gasteiger partial charge < -0.3 is 4.74 Å². The predicted octanol–water partition coefficient (Wildman–Crippen LogP) is 3.70. The summed E-state index contributed by atoms with van der Waals surface area (Å²) in [5.74, 6) is 0.464. The monoisotopic (exact) mass is 276 g/mol. The summed E-state index contributed by atoms with van der Waals surface area (Å²) in [7, 11) is 0. The van der Waals surface area contributed by atoms with E-state index in [1.54, 1.807) is 12.1 Å². The van der Waals surface area contributed by atoms with Crippen LogP contribution in [0.4, 0.5) is 0 Å². The molecule has 0 fully saturated rings. The molecule has 0 spiro atoms. The maximum absolute atomic E-state index is 11.2. The molecule has 0 saturated heterocycles. The van der Waals surface area contributed by atoms with E-state index in [0.29, 0.717) is 22.9 Å². The largest absolute Gasteiger partial charge is 0.492 e. The van der Waals surface area contributed by atoms with Gasteiger partial charge in [0.25, 0.3) is 0 Å². The van der Waals surface area contributed by atoms with E-state index in [1.165, 1.54) is 6.92 Å². The van der Waals surface area contributed by atoms with Gasteiger partial charge in [0.05, 0.1) is 11.6 Å². The molecule has 0 N–H and O–H groups in total. The third-order valence-corrected chi connectivity index (χ3v) is 2.53. The fraction of sp³-hybridized carbons (Fsp3) is 0.300. The van der Waals surface area contributed by atoms with E-state index in [2.05, 4.69) is 15.9 Å². The third kappa shape index (κ3) is 2.49. The molecule has 2 nitrogen and oxygen atoms in total. The molecular formula is C10H10BrClO2. The maximum Gasteiger partial charge on any atom is 0.161 e. The Labute approximate surface area is 96.3 Å². The molecular weight excluding hydrogens is 267 g/mol. The van der Waals surface area contributed by atoms with E-state index in [4.69, 9.17) is 16.3 Å². The number of carbonyl (C=O) groups is 1. The van der Waals surface area contributed by atoms with Crippen molar-refractivity contribution in [3.05, 3.63) is 27.2 Å². The molecule has 14 heavy (non-hydrogen) atoms. The number of hydrogen-bond donors (Lipinski definition) is 0. The lowest BCUT2D eigenvalue weighted by atomic mass is 10.1. The Bertz CT molecular complexity index is 363. The Balaban J connectivity index is 3.24. The molecule has 0 aliphatic carbocycles. The summed E-state index contributed by atoms with van der Waals surface area (Å²) in [6.45, 7) is 3.86. The van der Waals surface area contributed by atoms with Gasteiger partial charge in [-0.2, -0.15) is 0 Å². The Hall–Kier alpha value is -0.540. The van der Waals surface area contributed by atoms with Crippen molar-refractivity contribution in [1.29, 1.82) is 0 Å². The van der Waals surface area contributed by atoms with Crippen molar-refractivity contribution in [3.8, 4) is 5.75 Å². The zero-order chi connectivity index (χ0) is 10.7. The van der Waals surface area contributed by atoms with E-state index >= 15 is 0 Å². The lowest BCUT2D eigenvalue weighted by Gasteiger charge is -2.09. The second-order valence-corrected chi connectivity index (χ2v) is 4.05. The zero-order valence-electron chi connectivity index (χ0n) is 7.93. The highest BCUT2D eigenvalue weighted by Gasteiger charge is 2.12. The lowest BCUT2D eigenvalue weighted by molar-refractivity contribution is 0.101. The molecule has 0 aromatic heterocycles. The quantitative estimate of drug-likeness (QED) is 0.787. The van der Waals surface area contributed by atoms with Crippen molar-refractivity contribution in [2.75, 3.05) is 6.61 Å².